The van der Waals surface area contributed by atoms with Crippen LogP contribution in [-0.4, -0.2) is 4.57 Å². The first-order chi connectivity index (χ1) is 38.2. The molecule has 1 aliphatic carbocycles. The van der Waals surface area contributed by atoms with Crippen LogP contribution in [-0.2, 0) is 21.7 Å². The molecule has 0 bridgehead atoms. The lowest BCUT2D eigenvalue weighted by molar-refractivity contribution is 0.589. The van der Waals surface area contributed by atoms with E-state index in [1.54, 1.807) is 0 Å². The molecule has 0 aliphatic heterocycles. The summed E-state index contributed by atoms with van der Waals surface area (Å²) >= 11 is 0. The third-order valence-corrected chi connectivity index (χ3v) is 17.5. The molecule has 1 aliphatic rings. The summed E-state index contributed by atoms with van der Waals surface area (Å²) in [7, 11) is 0. The Bertz CT molecular complexity index is 4280. The number of hydrogen-bond donors (Lipinski definition) is 0. The number of aromatic nitrogens is 1. The fourth-order valence-electron chi connectivity index (χ4n) is 12.9. The van der Waals surface area contributed by atoms with Gasteiger partial charge in [-0.1, -0.05) is 247 Å². The maximum absolute atomic E-state index is 2.57. The van der Waals surface area contributed by atoms with E-state index in [9.17, 15) is 0 Å². The molecule has 13 rings (SSSR count). The van der Waals surface area contributed by atoms with Crippen LogP contribution >= 0.6 is 0 Å². The smallest absolute Gasteiger partial charge is 0.0541 e. The topological polar surface area (TPSA) is 4.93 Å². The molecule has 1 heterocycles. The van der Waals surface area contributed by atoms with E-state index < -0.39 is 0 Å². The number of benzene rings is 11. The van der Waals surface area contributed by atoms with Gasteiger partial charge in [0.1, 0.15) is 0 Å². The van der Waals surface area contributed by atoms with E-state index >= 15 is 0 Å². The van der Waals surface area contributed by atoms with Crippen molar-refractivity contribution in [1.29, 1.82) is 0 Å². The molecule has 394 valence electrons. The Morgan fingerprint density at radius 1 is 0.275 bits per heavy atom. The Kier molecular flexibility index (Phi) is 11.9. The molecule has 0 atom stereocenters. The molecule has 0 amide bonds. The summed E-state index contributed by atoms with van der Waals surface area (Å²) in [5.41, 5.74) is 25.5. The summed E-state index contributed by atoms with van der Waals surface area (Å²) in [4.78, 5) is 0. The highest BCUT2D eigenvalue weighted by molar-refractivity contribution is 6.22. The number of hydrogen-bond acceptors (Lipinski definition) is 0. The van der Waals surface area contributed by atoms with Crippen LogP contribution in [0.5, 0.6) is 0 Å². The van der Waals surface area contributed by atoms with Gasteiger partial charge in [-0.15, -0.1) is 0 Å². The first kappa shape index (κ1) is 51.2. The Morgan fingerprint density at radius 2 is 0.662 bits per heavy atom. The van der Waals surface area contributed by atoms with Gasteiger partial charge in [0.15, 0.2) is 0 Å². The molecule has 0 saturated carbocycles. The van der Waals surface area contributed by atoms with Crippen molar-refractivity contribution in [2.45, 2.75) is 111 Å². The van der Waals surface area contributed by atoms with Gasteiger partial charge in [-0.3, -0.25) is 0 Å². The number of rotatable bonds is 6. The lowest BCUT2D eigenvalue weighted by Crippen LogP contribution is -2.11. The van der Waals surface area contributed by atoms with E-state index in [0.29, 0.717) is 0 Å². The molecular weight excluding hydrogens is 963 g/mol. The van der Waals surface area contributed by atoms with Gasteiger partial charge in [0.25, 0.3) is 0 Å². The summed E-state index contributed by atoms with van der Waals surface area (Å²) in [5, 5.41) is 7.52. The maximum Gasteiger partial charge on any atom is 0.0541 e. The zero-order chi connectivity index (χ0) is 55.6. The average molecular weight is 1040 g/mol. The lowest BCUT2D eigenvalue weighted by Gasteiger charge is -2.23. The van der Waals surface area contributed by atoms with Gasteiger partial charge in [-0.25, -0.2) is 0 Å². The zero-order valence-corrected chi connectivity index (χ0v) is 48.8. The minimum absolute atomic E-state index is 0.00162. The Morgan fingerprint density at radius 3 is 1.11 bits per heavy atom. The fourth-order valence-corrected chi connectivity index (χ4v) is 12.9. The van der Waals surface area contributed by atoms with Crippen LogP contribution in [0, 0.1) is 0 Å². The highest BCUT2D eigenvalue weighted by atomic mass is 15.0. The maximum atomic E-state index is 2.57. The van der Waals surface area contributed by atoms with Crippen LogP contribution in [0.1, 0.15) is 128 Å². The fraction of sp³-hybridized carbons (Fsp3) is 0.215. The van der Waals surface area contributed by atoms with E-state index in [0.717, 1.165) is 5.69 Å². The highest BCUT2D eigenvalue weighted by Crippen LogP contribution is 2.53. The normalized spacial score (nSPS) is 13.2. The Hall–Kier alpha value is -8.26. The predicted molar refractivity (Wildman–Crippen MR) is 345 cm³/mol. The summed E-state index contributed by atoms with van der Waals surface area (Å²) in [5.74, 6) is 0.0618. The number of nitrogens with zero attached hydrogens (tertiary/aromatic N) is 1. The molecule has 12 aromatic rings. The lowest BCUT2D eigenvalue weighted by atomic mass is 9.81. The second-order valence-electron chi connectivity index (χ2n) is 27.0. The van der Waals surface area contributed by atoms with Crippen molar-refractivity contribution in [3.63, 3.8) is 0 Å². The molecular formula is C79H73N. The standard InChI is InChI=1S/C79H73N/c1-76(2,3)56-30-36-61-65(44-56)66-45-57(77(4,5)6)31-37-62(66)73(61)55-29-35-63-69(43-55)74(53-27-19-25-51(41-53)49-21-15-13-16-22-49)64-38-34-60(48-70(64)75(63)54-28-20-26-52(42-54)50-23-17-14-18-24-50)80-71-39-32-58(78(7,8)9)46-67(71)68-47-59(79(10,11)12)33-40-72(68)80/h13-48,73H,1-12H3. The Labute approximate surface area is 474 Å². The SMILES string of the molecule is CC(C)(C)c1ccc2c(c1)-c1cc(C(C)(C)C)ccc1C2c1ccc2c(-c3cccc(-c4ccccc4)c3)c3cc(-n4c5ccc(C(C)(C)C)cc5c5cc(C(C)(C)C)ccc54)ccc3c(-c3cccc(-c4ccccc4)c3)c2c1. The van der Waals surface area contributed by atoms with Crippen LogP contribution in [0.2, 0.25) is 0 Å². The van der Waals surface area contributed by atoms with Crippen LogP contribution in [0.3, 0.4) is 0 Å². The van der Waals surface area contributed by atoms with Crippen molar-refractivity contribution in [3.8, 4) is 61.3 Å². The highest BCUT2D eigenvalue weighted by Gasteiger charge is 2.34. The zero-order valence-electron chi connectivity index (χ0n) is 48.8. The first-order valence-electron chi connectivity index (χ1n) is 28.9. The molecule has 1 nitrogen and oxygen atoms in total. The van der Waals surface area contributed by atoms with Crippen molar-refractivity contribution in [1.82, 2.24) is 4.57 Å². The molecule has 80 heavy (non-hydrogen) atoms. The molecule has 0 saturated heterocycles. The second kappa shape index (κ2) is 18.7. The largest absolute Gasteiger partial charge is 0.309 e. The third-order valence-electron chi connectivity index (χ3n) is 17.5. The van der Waals surface area contributed by atoms with Crippen LogP contribution < -0.4 is 0 Å². The van der Waals surface area contributed by atoms with E-state index in [1.807, 2.05) is 0 Å². The molecule has 0 fully saturated rings. The van der Waals surface area contributed by atoms with Gasteiger partial charge < -0.3 is 4.57 Å². The van der Waals surface area contributed by atoms with Crippen molar-refractivity contribution >= 4 is 43.4 Å². The van der Waals surface area contributed by atoms with Gasteiger partial charge in [-0.05, 0) is 192 Å². The minimum Gasteiger partial charge on any atom is -0.309 e. The summed E-state index contributed by atoms with van der Waals surface area (Å²) in [6, 6.07) is 84.1. The first-order valence-corrected chi connectivity index (χ1v) is 28.9. The van der Waals surface area contributed by atoms with Crippen molar-refractivity contribution in [2.24, 2.45) is 0 Å². The summed E-state index contributed by atoms with van der Waals surface area (Å²) < 4.78 is 2.53. The minimum atomic E-state index is 0.00162. The third kappa shape index (κ3) is 8.78. The molecule has 0 unspecified atom stereocenters. The monoisotopic (exact) mass is 1040 g/mol. The van der Waals surface area contributed by atoms with E-state index in [-0.39, 0.29) is 27.6 Å². The van der Waals surface area contributed by atoms with Gasteiger partial charge in [0.05, 0.1) is 11.0 Å². The van der Waals surface area contributed by atoms with Crippen molar-refractivity contribution in [2.75, 3.05) is 0 Å². The quantitative estimate of drug-likeness (QED) is 0.146. The van der Waals surface area contributed by atoms with E-state index in [4.69, 9.17) is 0 Å². The van der Waals surface area contributed by atoms with E-state index in [1.165, 1.54) is 138 Å². The van der Waals surface area contributed by atoms with Gasteiger partial charge in [0.2, 0.25) is 0 Å². The molecule has 0 spiro atoms. The van der Waals surface area contributed by atoms with Crippen molar-refractivity contribution in [3.05, 3.63) is 257 Å². The van der Waals surface area contributed by atoms with E-state index in [2.05, 4.69) is 306 Å². The Balaban J connectivity index is 1.14. The van der Waals surface area contributed by atoms with Crippen LogP contribution in [0.4, 0.5) is 0 Å². The molecule has 1 heteroatoms. The van der Waals surface area contributed by atoms with Crippen molar-refractivity contribution < 1.29 is 0 Å². The molecule has 11 aromatic carbocycles. The number of fused-ring (bicyclic) bond motifs is 8. The molecule has 0 N–H and O–H groups in total. The molecule has 1 aromatic heterocycles. The van der Waals surface area contributed by atoms with Gasteiger partial charge in [0, 0.05) is 22.4 Å². The predicted octanol–water partition coefficient (Wildman–Crippen LogP) is 22.1. The van der Waals surface area contributed by atoms with Crippen LogP contribution in [0.25, 0.3) is 105 Å². The van der Waals surface area contributed by atoms with Gasteiger partial charge in [-0.2, -0.15) is 0 Å². The average Bonchev–Trinajstić information content (AvgIpc) is 4.07. The summed E-state index contributed by atoms with van der Waals surface area (Å²) in [6.45, 7) is 27.9. The van der Waals surface area contributed by atoms with Gasteiger partial charge >= 0.3 is 0 Å². The van der Waals surface area contributed by atoms with Crippen LogP contribution in [0.15, 0.2) is 218 Å². The molecule has 0 radical (unpaired) electrons. The second-order valence-corrected chi connectivity index (χ2v) is 27.0. The summed E-state index contributed by atoms with van der Waals surface area (Å²) in [6.07, 6.45) is 0.